The second kappa shape index (κ2) is 8.84. The topological polar surface area (TPSA) is 42.3 Å². The van der Waals surface area contributed by atoms with Crippen molar-refractivity contribution in [1.29, 1.82) is 0 Å². The largest absolute Gasteiger partial charge is 0.495 e. The van der Waals surface area contributed by atoms with Gasteiger partial charge in [-0.2, -0.15) is 0 Å². The van der Waals surface area contributed by atoms with E-state index in [1.807, 2.05) is 70.3 Å². The van der Waals surface area contributed by atoms with Gasteiger partial charge in [-0.3, -0.25) is 4.98 Å². The van der Waals surface area contributed by atoms with E-state index in [9.17, 15) is 4.39 Å². The van der Waals surface area contributed by atoms with E-state index in [1.54, 1.807) is 19.4 Å². The Kier molecular flexibility index (Phi) is 5.74. The van der Waals surface area contributed by atoms with E-state index in [1.165, 1.54) is 12.1 Å². The average Bonchev–Trinajstić information content (AvgIpc) is 3.44. The molecule has 1 N–H and O–H groups in total. The second-order valence-electron chi connectivity index (χ2n) is 7.60. The molecule has 2 aromatic carbocycles. The van der Waals surface area contributed by atoms with Gasteiger partial charge in [-0.15, -0.1) is 0 Å². The first-order valence-corrected chi connectivity index (χ1v) is 11.1. The Labute approximate surface area is 201 Å². The lowest BCUT2D eigenvalue weighted by atomic mass is 10.0. The van der Waals surface area contributed by atoms with E-state index in [0.29, 0.717) is 15.9 Å². The molecule has 1 aliphatic heterocycles. The maximum Gasteiger partial charge on any atom is 0.174 e. The Hall–Kier alpha value is -3.42. The highest BCUT2D eigenvalue weighted by Gasteiger charge is 2.42. The molecule has 5 nitrogen and oxygen atoms in total. The molecule has 1 saturated heterocycles. The third kappa shape index (κ3) is 3.94. The van der Waals surface area contributed by atoms with Crippen LogP contribution in [0.3, 0.4) is 0 Å². The summed E-state index contributed by atoms with van der Waals surface area (Å²) in [6, 6.07) is 21.3. The zero-order chi connectivity index (χ0) is 22.9. The number of rotatable bonds is 5. The fourth-order valence-electron chi connectivity index (χ4n) is 4.23. The second-order valence-corrected chi connectivity index (χ2v) is 8.39. The molecule has 33 heavy (non-hydrogen) atoms. The Bertz CT molecular complexity index is 1310. The van der Waals surface area contributed by atoms with Gasteiger partial charge in [0.15, 0.2) is 5.11 Å². The maximum absolute atomic E-state index is 14.0. The zero-order valence-corrected chi connectivity index (χ0v) is 19.2. The summed E-state index contributed by atoms with van der Waals surface area (Å²) < 4.78 is 21.3. The van der Waals surface area contributed by atoms with Gasteiger partial charge in [0, 0.05) is 29.5 Å². The Morgan fingerprint density at radius 3 is 2.64 bits per heavy atom. The van der Waals surface area contributed by atoms with Crippen molar-refractivity contribution in [2.24, 2.45) is 0 Å². The lowest BCUT2D eigenvalue weighted by molar-refractivity contribution is 0.415. The van der Waals surface area contributed by atoms with E-state index in [2.05, 4.69) is 10.3 Å². The van der Waals surface area contributed by atoms with Crippen molar-refractivity contribution in [3.05, 3.63) is 107 Å². The van der Waals surface area contributed by atoms with Crippen LogP contribution < -0.4 is 15.0 Å². The molecule has 4 aromatic rings. The lowest BCUT2D eigenvalue weighted by Gasteiger charge is -2.29. The highest BCUT2D eigenvalue weighted by atomic mass is 35.5. The highest BCUT2D eigenvalue weighted by Crippen LogP contribution is 2.43. The first kappa shape index (κ1) is 21.4. The number of hydrogen-bond acceptors (Lipinski definition) is 3. The Balaban J connectivity index is 1.67. The summed E-state index contributed by atoms with van der Waals surface area (Å²) in [5.74, 6) is 0.284. The first-order chi connectivity index (χ1) is 16.1. The monoisotopic (exact) mass is 478 g/mol. The van der Waals surface area contributed by atoms with Crippen LogP contribution in [0, 0.1) is 5.82 Å². The molecule has 0 spiro atoms. The Morgan fingerprint density at radius 1 is 1.03 bits per heavy atom. The molecule has 0 bridgehead atoms. The van der Waals surface area contributed by atoms with Crippen LogP contribution in [0.1, 0.15) is 23.5 Å². The number of halogens is 2. The van der Waals surface area contributed by atoms with Crippen molar-refractivity contribution in [3.8, 4) is 11.4 Å². The summed E-state index contributed by atoms with van der Waals surface area (Å²) >= 11 is 12.2. The number of hydrogen-bond donors (Lipinski definition) is 1. The minimum Gasteiger partial charge on any atom is -0.495 e. The third-order valence-electron chi connectivity index (χ3n) is 5.68. The van der Waals surface area contributed by atoms with Crippen LogP contribution in [-0.2, 0) is 0 Å². The van der Waals surface area contributed by atoms with Crippen LogP contribution in [0.4, 0.5) is 10.1 Å². The molecule has 0 aliphatic carbocycles. The molecule has 0 radical (unpaired) electrons. The quantitative estimate of drug-likeness (QED) is 0.364. The minimum absolute atomic E-state index is 0.234. The van der Waals surface area contributed by atoms with Crippen molar-refractivity contribution in [2.45, 2.75) is 12.1 Å². The van der Waals surface area contributed by atoms with Gasteiger partial charge in [-0.1, -0.05) is 23.7 Å². The van der Waals surface area contributed by atoms with Crippen LogP contribution >= 0.6 is 23.8 Å². The number of aromatic nitrogens is 2. The van der Waals surface area contributed by atoms with E-state index < -0.39 is 0 Å². The molecule has 3 heterocycles. The summed E-state index contributed by atoms with van der Waals surface area (Å²) in [4.78, 5) is 6.60. The summed E-state index contributed by atoms with van der Waals surface area (Å²) in [6.07, 6.45) is 3.68. The van der Waals surface area contributed by atoms with Gasteiger partial charge in [0.1, 0.15) is 17.6 Å². The van der Waals surface area contributed by atoms with E-state index in [-0.39, 0.29) is 17.9 Å². The number of benzene rings is 2. The van der Waals surface area contributed by atoms with Gasteiger partial charge in [0.05, 0.1) is 23.9 Å². The number of ether oxygens (including phenoxy) is 1. The molecule has 0 saturated carbocycles. The normalized spacial score (nSPS) is 17.8. The van der Waals surface area contributed by atoms with Crippen LogP contribution in [0.15, 0.2) is 85.2 Å². The van der Waals surface area contributed by atoms with Crippen molar-refractivity contribution in [1.82, 2.24) is 14.9 Å². The number of nitrogens with zero attached hydrogens (tertiary/aromatic N) is 3. The summed E-state index contributed by atoms with van der Waals surface area (Å²) in [6.45, 7) is 0. The predicted molar refractivity (Wildman–Crippen MR) is 132 cm³/mol. The summed E-state index contributed by atoms with van der Waals surface area (Å²) in [7, 11) is 1.58. The van der Waals surface area contributed by atoms with Crippen LogP contribution in [0.5, 0.6) is 5.75 Å². The van der Waals surface area contributed by atoms with E-state index >= 15 is 0 Å². The maximum atomic E-state index is 14.0. The molecular formula is C25H20ClFN4OS. The highest BCUT2D eigenvalue weighted by molar-refractivity contribution is 7.80. The molecule has 2 aromatic heterocycles. The standard InChI is InChI=1S/C25H20ClFN4OS/c1-32-22-11-10-18(15-19(22)26)31-24(23(29-25(31)33)20-8-2-3-12-28-20)21-9-5-13-30(21)17-7-4-6-16(27)14-17/h2-15,23-24H,1H3,(H,29,33)/t23-,24+/m1/s1. The number of methoxy groups -OCH3 is 1. The molecule has 1 fully saturated rings. The van der Waals surface area contributed by atoms with Crippen molar-refractivity contribution < 1.29 is 9.13 Å². The lowest BCUT2D eigenvalue weighted by Crippen LogP contribution is -2.30. The smallest absolute Gasteiger partial charge is 0.174 e. The molecule has 0 unspecified atom stereocenters. The van der Waals surface area contributed by atoms with Gasteiger partial charge in [-0.05, 0) is 72.9 Å². The fourth-order valence-corrected chi connectivity index (χ4v) is 4.83. The number of thiocarbonyl (C=S) groups is 1. The van der Waals surface area contributed by atoms with Gasteiger partial charge < -0.3 is 19.5 Å². The summed E-state index contributed by atoms with van der Waals surface area (Å²) in [5, 5.41) is 4.46. The molecular weight excluding hydrogens is 459 g/mol. The predicted octanol–water partition coefficient (Wildman–Crippen LogP) is 5.85. The average molecular weight is 479 g/mol. The minimum atomic E-state index is -0.299. The van der Waals surface area contributed by atoms with Crippen LogP contribution in [-0.4, -0.2) is 21.8 Å². The van der Waals surface area contributed by atoms with Crippen molar-refractivity contribution in [3.63, 3.8) is 0 Å². The number of nitrogens with one attached hydrogen (secondary N) is 1. The first-order valence-electron chi connectivity index (χ1n) is 10.3. The zero-order valence-electron chi connectivity index (χ0n) is 17.7. The van der Waals surface area contributed by atoms with Gasteiger partial charge in [-0.25, -0.2) is 4.39 Å². The van der Waals surface area contributed by atoms with Gasteiger partial charge in [0.25, 0.3) is 0 Å². The van der Waals surface area contributed by atoms with Gasteiger partial charge >= 0.3 is 0 Å². The summed E-state index contributed by atoms with van der Waals surface area (Å²) in [5.41, 5.74) is 3.31. The molecule has 2 atom stereocenters. The molecule has 1 aliphatic rings. The SMILES string of the molecule is COc1ccc(N2C(=S)N[C@H](c3ccccn3)[C@@H]2c2cccn2-c2cccc(F)c2)cc1Cl. The molecule has 166 valence electrons. The molecule has 8 heteroatoms. The van der Waals surface area contributed by atoms with Crippen LogP contribution in [0.2, 0.25) is 5.02 Å². The molecule has 5 rings (SSSR count). The van der Waals surface area contributed by atoms with Crippen molar-refractivity contribution in [2.75, 3.05) is 12.0 Å². The number of pyridine rings is 1. The van der Waals surface area contributed by atoms with Gasteiger partial charge in [0.2, 0.25) is 0 Å². The van der Waals surface area contributed by atoms with E-state index in [0.717, 1.165) is 22.8 Å². The van der Waals surface area contributed by atoms with Crippen molar-refractivity contribution >= 4 is 34.6 Å². The Morgan fingerprint density at radius 2 is 1.91 bits per heavy atom. The third-order valence-corrected chi connectivity index (χ3v) is 6.29. The number of anilines is 1. The van der Waals surface area contributed by atoms with E-state index in [4.69, 9.17) is 28.6 Å². The fraction of sp³-hybridized carbons (Fsp3) is 0.120. The molecule has 0 amide bonds. The van der Waals surface area contributed by atoms with Crippen LogP contribution in [0.25, 0.3) is 5.69 Å².